The largest absolute Gasteiger partial charge is 0.459 e. The van der Waals surface area contributed by atoms with E-state index in [0.29, 0.717) is 25.2 Å². The molecule has 0 saturated carbocycles. The number of ether oxygens (including phenoxy) is 5. The second-order valence-corrected chi connectivity index (χ2v) is 16.2. The molecule has 3 rings (SSSR count). The van der Waals surface area contributed by atoms with Crippen molar-refractivity contribution in [3.63, 3.8) is 0 Å². The second-order valence-electron chi connectivity index (χ2n) is 15.0. The highest BCUT2D eigenvalue weighted by Gasteiger charge is 2.57. The van der Waals surface area contributed by atoms with Crippen LogP contribution in [0.25, 0.3) is 0 Å². The van der Waals surface area contributed by atoms with Crippen LogP contribution in [0.15, 0.2) is 0 Å². The maximum absolute atomic E-state index is 14.4. The topological polar surface area (TPSA) is 141 Å². The van der Waals surface area contributed by atoms with Gasteiger partial charge in [-0.3, -0.25) is 14.4 Å². The third-order valence-electron chi connectivity index (χ3n) is 11.3. The molecule has 3 aliphatic heterocycles. The number of ketones is 1. The molecule has 47 heavy (non-hydrogen) atoms. The lowest BCUT2D eigenvalue weighted by Crippen LogP contribution is -2.60. The van der Waals surface area contributed by atoms with Gasteiger partial charge in [0.25, 0.3) is 0 Å². The molecule has 0 aliphatic carbocycles. The van der Waals surface area contributed by atoms with Crippen molar-refractivity contribution in [2.45, 2.75) is 136 Å². The van der Waals surface area contributed by atoms with Crippen molar-refractivity contribution in [2.75, 3.05) is 33.6 Å². The van der Waals surface area contributed by atoms with Crippen LogP contribution in [0.2, 0.25) is 0 Å². The smallest absolute Gasteiger partial charge is 0.311 e. The van der Waals surface area contributed by atoms with Gasteiger partial charge in [0.1, 0.15) is 23.6 Å². The summed E-state index contributed by atoms with van der Waals surface area (Å²) in [5.74, 6) is -3.17. The van der Waals surface area contributed by atoms with Crippen molar-refractivity contribution in [2.24, 2.45) is 35.5 Å². The zero-order valence-electron chi connectivity index (χ0n) is 30.6. The van der Waals surface area contributed by atoms with Gasteiger partial charge in [-0.15, -0.1) is 0 Å². The molecule has 3 saturated heterocycles. The highest BCUT2D eigenvalue weighted by molar-refractivity contribution is 8.13. The Hall–Kier alpha value is -1.12. The molecule has 0 bridgehead atoms. The molecule has 5 unspecified atom stereocenters. The van der Waals surface area contributed by atoms with Crippen molar-refractivity contribution >= 4 is 28.6 Å². The van der Waals surface area contributed by atoms with E-state index in [1.165, 1.54) is 18.7 Å². The Balaban J connectivity index is 2.10. The van der Waals surface area contributed by atoms with Crippen molar-refractivity contribution < 1.29 is 48.3 Å². The summed E-state index contributed by atoms with van der Waals surface area (Å²) in [5, 5.41) is 23.1. The van der Waals surface area contributed by atoms with Gasteiger partial charge in [-0.05, 0) is 67.0 Å². The summed E-state index contributed by atoms with van der Waals surface area (Å²) in [6.45, 7) is 16.6. The van der Waals surface area contributed by atoms with Crippen LogP contribution in [0.5, 0.6) is 0 Å². The molecule has 0 aromatic carbocycles. The van der Waals surface area contributed by atoms with Crippen LogP contribution in [0.4, 0.5) is 0 Å². The SMILES string of the molecule is CC[C@H]1OC(=O)C(C)C(O)[C@H](C)[C@@H](O[C@@H]2O[C@H](C)C[C@H](N(C)C)[C@H]2O)[C@](C)(OC)CC(C)C(=O)C(C)[C@@H]2C(CSC(C)=O)CO[C@@]21C. The molecule has 2 N–H and O–H groups in total. The molecule has 0 aromatic rings. The first-order valence-electron chi connectivity index (χ1n) is 17.2. The van der Waals surface area contributed by atoms with E-state index in [1.807, 2.05) is 60.5 Å². The normalized spacial score (nSPS) is 45.7. The van der Waals surface area contributed by atoms with E-state index in [0.717, 1.165) is 0 Å². The Labute approximate surface area is 286 Å². The van der Waals surface area contributed by atoms with E-state index in [2.05, 4.69) is 0 Å². The molecule has 0 amide bonds. The maximum atomic E-state index is 14.4. The van der Waals surface area contributed by atoms with E-state index >= 15 is 0 Å². The number of carbonyl (C=O) groups excluding carboxylic acids is 3. The van der Waals surface area contributed by atoms with Gasteiger partial charge >= 0.3 is 5.97 Å². The van der Waals surface area contributed by atoms with Gasteiger partial charge in [0.15, 0.2) is 11.4 Å². The minimum Gasteiger partial charge on any atom is -0.459 e. The van der Waals surface area contributed by atoms with Crippen LogP contribution in [0, 0.1) is 35.5 Å². The van der Waals surface area contributed by atoms with Crippen LogP contribution in [0.3, 0.4) is 0 Å². The molecule has 3 fully saturated rings. The number of thioether (sulfide) groups is 1. The molecule has 0 spiro atoms. The zero-order valence-corrected chi connectivity index (χ0v) is 31.4. The van der Waals surface area contributed by atoms with E-state index in [4.69, 9.17) is 23.7 Å². The number of aliphatic hydroxyl groups excluding tert-OH is 2. The first-order valence-corrected chi connectivity index (χ1v) is 18.2. The molecule has 11 nitrogen and oxygen atoms in total. The highest BCUT2D eigenvalue weighted by atomic mass is 32.2. The number of nitrogens with zero attached hydrogens (tertiary/aromatic N) is 1. The van der Waals surface area contributed by atoms with Crippen LogP contribution in [0.1, 0.15) is 81.6 Å². The molecule has 0 radical (unpaired) electrons. The molecule has 15 atom stereocenters. The van der Waals surface area contributed by atoms with Gasteiger partial charge in [-0.1, -0.05) is 39.5 Å². The van der Waals surface area contributed by atoms with Crippen LogP contribution in [-0.4, -0.2) is 120 Å². The van der Waals surface area contributed by atoms with Crippen LogP contribution in [-0.2, 0) is 38.1 Å². The van der Waals surface area contributed by atoms with Gasteiger partial charge in [0, 0.05) is 49.5 Å². The summed E-state index contributed by atoms with van der Waals surface area (Å²) in [6, 6.07) is -0.227. The van der Waals surface area contributed by atoms with Gasteiger partial charge in [-0.2, -0.15) is 0 Å². The van der Waals surface area contributed by atoms with Crippen molar-refractivity contribution in [1.29, 1.82) is 0 Å². The molecule has 3 heterocycles. The number of hydrogen-bond donors (Lipinski definition) is 2. The van der Waals surface area contributed by atoms with Crippen LogP contribution < -0.4 is 0 Å². The van der Waals surface area contributed by atoms with E-state index in [-0.39, 0.29) is 41.3 Å². The van der Waals surface area contributed by atoms with Gasteiger partial charge in [0.05, 0.1) is 36.4 Å². The quantitative estimate of drug-likeness (QED) is 0.377. The van der Waals surface area contributed by atoms with E-state index in [1.54, 1.807) is 21.0 Å². The number of aliphatic hydroxyl groups is 2. The lowest BCUT2D eigenvalue weighted by atomic mass is 9.67. The van der Waals surface area contributed by atoms with Crippen molar-refractivity contribution in [1.82, 2.24) is 4.90 Å². The van der Waals surface area contributed by atoms with Crippen molar-refractivity contribution in [3.8, 4) is 0 Å². The Kier molecular flexibility index (Phi) is 14.0. The number of fused-ring (bicyclic) bond motifs is 1. The minimum atomic E-state index is -1.22. The average molecular weight is 688 g/mol. The fraction of sp³-hybridized carbons (Fsp3) is 0.914. The molecule has 0 aromatic heterocycles. The Morgan fingerprint density at radius 3 is 2.26 bits per heavy atom. The Morgan fingerprint density at radius 2 is 1.70 bits per heavy atom. The second kappa shape index (κ2) is 16.3. The first kappa shape index (κ1) is 40.3. The molecular formula is C35H61NO10S. The highest BCUT2D eigenvalue weighted by Crippen LogP contribution is 2.48. The number of hydrogen-bond acceptors (Lipinski definition) is 12. The number of esters is 1. The molecule has 272 valence electrons. The van der Waals surface area contributed by atoms with Crippen molar-refractivity contribution in [3.05, 3.63) is 0 Å². The summed E-state index contributed by atoms with van der Waals surface area (Å²) in [4.78, 5) is 42.1. The minimum absolute atomic E-state index is 0.00151. The standard InChI is InChI=1S/C35H61NO10S/c1-13-26-35(9)27(24(16-43-35)17-47-23(7)37)20(4)28(38)18(2)15-34(8,42-12)31(21(5)29(39)22(6)32(41)45-26)46-33-30(40)25(36(10)11)14-19(3)44-33/h18-22,24-27,29-31,33,39-40H,13-17H2,1-12H3/t18?,19-,20?,21+,22?,24?,25+,26-,27-,29?,30-,31-,33+,34-,35-/m1/s1. The number of methoxy groups -OCH3 is 1. The summed E-state index contributed by atoms with van der Waals surface area (Å²) in [5.41, 5.74) is -2.11. The first-order chi connectivity index (χ1) is 21.8. The summed E-state index contributed by atoms with van der Waals surface area (Å²) in [6.07, 6.45) is -3.72. The number of cyclic esters (lactones) is 1. The summed E-state index contributed by atoms with van der Waals surface area (Å²) >= 11 is 1.21. The lowest BCUT2D eigenvalue weighted by Gasteiger charge is -2.48. The Morgan fingerprint density at radius 1 is 1.06 bits per heavy atom. The lowest BCUT2D eigenvalue weighted by molar-refractivity contribution is -0.301. The van der Waals surface area contributed by atoms with Crippen LogP contribution >= 0.6 is 11.8 Å². The van der Waals surface area contributed by atoms with Gasteiger partial charge in [0.2, 0.25) is 0 Å². The Bertz CT molecular complexity index is 1090. The number of carbonyl (C=O) groups is 3. The average Bonchev–Trinajstić information content (AvgIpc) is 3.36. The summed E-state index contributed by atoms with van der Waals surface area (Å²) < 4.78 is 31.5. The van der Waals surface area contributed by atoms with Gasteiger partial charge in [-0.25, -0.2) is 0 Å². The number of Topliss-reactive ketones (excluding diaryl/α,β-unsaturated/α-hetero) is 1. The monoisotopic (exact) mass is 687 g/mol. The van der Waals surface area contributed by atoms with E-state index in [9.17, 15) is 24.6 Å². The predicted octanol–water partition coefficient (Wildman–Crippen LogP) is 3.70. The number of likely N-dealkylation sites (N-methyl/N-ethyl adjacent to an activating group) is 1. The maximum Gasteiger partial charge on any atom is 0.311 e. The molecule has 12 heteroatoms. The summed E-state index contributed by atoms with van der Waals surface area (Å²) in [7, 11) is 5.33. The third-order valence-corrected chi connectivity index (χ3v) is 12.3. The predicted molar refractivity (Wildman–Crippen MR) is 180 cm³/mol. The van der Waals surface area contributed by atoms with E-state index < -0.39 is 71.5 Å². The molecule has 3 aliphatic rings. The fourth-order valence-electron chi connectivity index (χ4n) is 8.44. The molecular weight excluding hydrogens is 626 g/mol. The van der Waals surface area contributed by atoms with Gasteiger partial charge < -0.3 is 38.8 Å². The zero-order chi connectivity index (χ0) is 35.6. The number of rotatable bonds is 7. The fourth-order valence-corrected chi connectivity index (χ4v) is 9.20. The third kappa shape index (κ3) is 8.61.